The molecular formula is C21H27ClN8O3S. The molecule has 0 radical (unpaired) electrons. The lowest BCUT2D eigenvalue weighted by Gasteiger charge is -2.22. The van der Waals surface area contributed by atoms with E-state index in [1.807, 2.05) is 16.3 Å². The summed E-state index contributed by atoms with van der Waals surface area (Å²) in [5, 5.41) is 12.7. The third kappa shape index (κ3) is 4.18. The van der Waals surface area contributed by atoms with Crippen molar-refractivity contribution < 1.29 is 13.2 Å². The zero-order chi connectivity index (χ0) is 24.0. The number of sulfonamides is 1. The number of rotatable bonds is 8. The van der Waals surface area contributed by atoms with Crippen LogP contribution in [0.3, 0.4) is 0 Å². The largest absolute Gasteiger partial charge is 0.372 e. The Balaban J connectivity index is 1.47. The molecule has 0 amide bonds. The molecule has 0 aromatic carbocycles. The Kier molecular flexibility index (Phi) is 6.07. The van der Waals surface area contributed by atoms with Gasteiger partial charge in [-0.3, -0.25) is 14.0 Å². The number of aromatic nitrogens is 7. The summed E-state index contributed by atoms with van der Waals surface area (Å²) in [6, 6.07) is 0.136. The van der Waals surface area contributed by atoms with E-state index in [1.54, 1.807) is 6.92 Å². The van der Waals surface area contributed by atoms with E-state index in [1.165, 1.54) is 30.8 Å². The molecule has 0 aliphatic heterocycles. The summed E-state index contributed by atoms with van der Waals surface area (Å²) in [7, 11) is -0.564. The summed E-state index contributed by atoms with van der Waals surface area (Å²) < 4.78 is 38.6. The number of anilines is 1. The van der Waals surface area contributed by atoms with E-state index in [4.69, 9.17) is 21.4 Å². The second-order valence-electron chi connectivity index (χ2n) is 8.82. The molecule has 2 aliphatic rings. The Bertz CT molecular complexity index is 1300. The molecule has 1 N–H and O–H groups in total. The first kappa shape index (κ1) is 23.2. The monoisotopic (exact) mass is 506 g/mol. The van der Waals surface area contributed by atoms with Gasteiger partial charge in [0.1, 0.15) is 17.0 Å². The molecule has 0 saturated heterocycles. The van der Waals surface area contributed by atoms with Gasteiger partial charge in [0.05, 0.1) is 5.02 Å². The summed E-state index contributed by atoms with van der Waals surface area (Å²) in [5.41, 5.74) is 3.19. The molecule has 3 aromatic heterocycles. The highest BCUT2D eigenvalue weighted by Gasteiger charge is 2.37. The van der Waals surface area contributed by atoms with Crippen molar-refractivity contribution in [1.82, 2.24) is 34.5 Å². The lowest BCUT2D eigenvalue weighted by molar-refractivity contribution is 0.0950. The number of nitrogens with one attached hydrogen (secondary N) is 1. The van der Waals surface area contributed by atoms with Crippen molar-refractivity contribution in [3.05, 3.63) is 34.5 Å². The van der Waals surface area contributed by atoms with Gasteiger partial charge in [-0.1, -0.05) is 11.6 Å². The van der Waals surface area contributed by atoms with Gasteiger partial charge in [-0.05, 0) is 45.4 Å². The van der Waals surface area contributed by atoms with Gasteiger partial charge in [-0.25, -0.2) is 18.4 Å². The van der Waals surface area contributed by atoms with E-state index in [0.717, 1.165) is 44.2 Å². The van der Waals surface area contributed by atoms with E-state index in [2.05, 4.69) is 24.9 Å². The Morgan fingerprint density at radius 2 is 1.88 bits per heavy atom. The molecule has 2 atom stereocenters. The Hall–Kier alpha value is -2.57. The van der Waals surface area contributed by atoms with Crippen LogP contribution in [0.5, 0.6) is 0 Å². The highest BCUT2D eigenvalue weighted by Crippen LogP contribution is 2.42. The molecule has 5 rings (SSSR count). The molecule has 2 unspecified atom stereocenters. The summed E-state index contributed by atoms with van der Waals surface area (Å²) in [5.74, 6) is 1.02. The van der Waals surface area contributed by atoms with E-state index < -0.39 is 21.4 Å². The second-order valence-corrected chi connectivity index (χ2v) is 11.3. The average Bonchev–Trinajstić information content (AvgIpc) is 3.50. The predicted molar refractivity (Wildman–Crippen MR) is 126 cm³/mol. The van der Waals surface area contributed by atoms with E-state index in [-0.39, 0.29) is 17.8 Å². The van der Waals surface area contributed by atoms with Crippen LogP contribution in [0.15, 0.2) is 12.4 Å². The first-order chi connectivity index (χ1) is 16.3. The van der Waals surface area contributed by atoms with Crippen molar-refractivity contribution in [2.24, 2.45) is 7.05 Å². The number of methoxy groups -OCH3 is 1. The van der Waals surface area contributed by atoms with Crippen LogP contribution in [0.1, 0.15) is 61.8 Å². The fourth-order valence-electron chi connectivity index (χ4n) is 4.51. The summed E-state index contributed by atoms with van der Waals surface area (Å²) in [6.07, 6.45) is 7.96. The molecule has 3 aromatic rings. The number of nitrogens with zero attached hydrogens (tertiary/aromatic N) is 7. The lowest BCUT2D eigenvalue weighted by Crippen LogP contribution is -2.33. The summed E-state index contributed by atoms with van der Waals surface area (Å²) in [6.45, 7) is 1.54. The Morgan fingerprint density at radius 1 is 1.18 bits per heavy atom. The topological polar surface area (TPSA) is 130 Å². The SMILES string of the molecule is COC(c1ncc(Cl)cn1)C(C)S(=O)(=O)Nc1nnc(-c2nn(C)c3c2CCCC3)n1C1CC1. The number of aryl methyl sites for hydroxylation is 1. The van der Waals surface area contributed by atoms with Gasteiger partial charge in [0.2, 0.25) is 16.0 Å². The highest BCUT2D eigenvalue weighted by molar-refractivity contribution is 7.93. The minimum Gasteiger partial charge on any atom is -0.372 e. The van der Waals surface area contributed by atoms with Crippen molar-refractivity contribution in [3.8, 4) is 11.5 Å². The molecule has 1 fully saturated rings. The van der Waals surface area contributed by atoms with Crippen molar-refractivity contribution in [1.29, 1.82) is 0 Å². The van der Waals surface area contributed by atoms with Crippen LogP contribution < -0.4 is 4.72 Å². The minimum atomic E-state index is -3.93. The second kappa shape index (κ2) is 8.90. The minimum absolute atomic E-state index is 0.136. The van der Waals surface area contributed by atoms with E-state index in [9.17, 15) is 8.42 Å². The molecule has 1 saturated carbocycles. The number of halogens is 1. The van der Waals surface area contributed by atoms with Gasteiger partial charge in [0.15, 0.2) is 11.6 Å². The zero-order valence-corrected chi connectivity index (χ0v) is 20.8. The maximum absolute atomic E-state index is 13.3. The quantitative estimate of drug-likeness (QED) is 0.493. The van der Waals surface area contributed by atoms with Crippen LogP contribution in [0.4, 0.5) is 5.95 Å². The van der Waals surface area contributed by atoms with Crippen LogP contribution in [-0.2, 0) is 34.6 Å². The number of hydrogen-bond donors (Lipinski definition) is 1. The molecule has 11 nitrogen and oxygen atoms in total. The number of fused-ring (bicyclic) bond motifs is 1. The molecular weight excluding hydrogens is 480 g/mol. The molecule has 13 heteroatoms. The van der Waals surface area contributed by atoms with Gasteiger partial charge >= 0.3 is 0 Å². The smallest absolute Gasteiger partial charge is 0.240 e. The van der Waals surface area contributed by atoms with Crippen molar-refractivity contribution in [2.45, 2.75) is 62.8 Å². The maximum Gasteiger partial charge on any atom is 0.240 e. The van der Waals surface area contributed by atoms with Crippen LogP contribution in [-0.4, -0.2) is 55.3 Å². The molecule has 182 valence electrons. The lowest BCUT2D eigenvalue weighted by atomic mass is 9.95. The van der Waals surface area contributed by atoms with Gasteiger partial charge in [-0.15, -0.1) is 10.2 Å². The van der Waals surface area contributed by atoms with Gasteiger partial charge in [0.25, 0.3) is 0 Å². The molecule has 3 heterocycles. The molecule has 0 bridgehead atoms. The molecule has 2 aliphatic carbocycles. The predicted octanol–water partition coefficient (Wildman–Crippen LogP) is 2.85. The van der Waals surface area contributed by atoms with Crippen LogP contribution in [0, 0.1) is 0 Å². The standard InChI is InChI=1S/C21H27ClN8O3S/c1-12(18(33-3)19-23-10-13(22)11-24-19)34(31,32)28-21-26-25-20(30(21)14-8-9-14)17-15-6-4-5-7-16(15)29(2)27-17/h10-12,14,18H,4-9H2,1-3H3,(H,26,28). The van der Waals surface area contributed by atoms with Crippen LogP contribution in [0.2, 0.25) is 5.02 Å². The normalized spacial score (nSPS) is 17.9. The third-order valence-corrected chi connectivity index (χ3v) is 8.37. The Morgan fingerprint density at radius 3 is 2.56 bits per heavy atom. The van der Waals surface area contributed by atoms with Gasteiger partial charge in [0, 0.05) is 43.9 Å². The maximum atomic E-state index is 13.3. The Labute approximate surface area is 203 Å². The van der Waals surface area contributed by atoms with Crippen LogP contribution in [0.25, 0.3) is 11.5 Å². The van der Waals surface area contributed by atoms with Crippen molar-refractivity contribution >= 4 is 27.6 Å². The number of hydrogen-bond acceptors (Lipinski definition) is 8. The summed E-state index contributed by atoms with van der Waals surface area (Å²) in [4.78, 5) is 8.26. The average molecular weight is 507 g/mol. The van der Waals surface area contributed by atoms with Crippen molar-refractivity contribution in [2.75, 3.05) is 11.8 Å². The van der Waals surface area contributed by atoms with E-state index >= 15 is 0 Å². The zero-order valence-electron chi connectivity index (χ0n) is 19.3. The molecule has 34 heavy (non-hydrogen) atoms. The van der Waals surface area contributed by atoms with Crippen LogP contribution >= 0.6 is 11.6 Å². The fourth-order valence-corrected chi connectivity index (χ4v) is 5.75. The third-order valence-electron chi connectivity index (χ3n) is 6.48. The van der Waals surface area contributed by atoms with Gasteiger partial charge in [-0.2, -0.15) is 5.10 Å². The highest BCUT2D eigenvalue weighted by atomic mass is 35.5. The van der Waals surface area contributed by atoms with Gasteiger partial charge < -0.3 is 4.74 Å². The first-order valence-electron chi connectivity index (χ1n) is 11.3. The first-order valence-corrected chi connectivity index (χ1v) is 13.2. The summed E-state index contributed by atoms with van der Waals surface area (Å²) >= 11 is 5.87. The number of ether oxygens (including phenoxy) is 1. The van der Waals surface area contributed by atoms with Crippen molar-refractivity contribution in [3.63, 3.8) is 0 Å². The van der Waals surface area contributed by atoms with E-state index in [0.29, 0.717) is 10.8 Å². The molecule has 0 spiro atoms. The fraction of sp³-hybridized carbons (Fsp3) is 0.571.